The number of anilines is 1. The van der Waals surface area contributed by atoms with Gasteiger partial charge in [-0.3, -0.25) is 4.68 Å². The van der Waals surface area contributed by atoms with Gasteiger partial charge in [0, 0.05) is 25.3 Å². The lowest BCUT2D eigenvalue weighted by Gasteiger charge is -2.23. The molecule has 3 heterocycles. The fraction of sp³-hybridized carbons (Fsp3) is 0.556. The maximum atomic E-state index is 4.88. The average Bonchev–Trinajstić information content (AvgIpc) is 3.17. The van der Waals surface area contributed by atoms with Gasteiger partial charge in [-0.2, -0.15) is 5.10 Å². The van der Waals surface area contributed by atoms with Gasteiger partial charge in [-0.05, 0) is 26.7 Å². The molecule has 0 amide bonds. The maximum Gasteiger partial charge on any atom is 0.165 e. The Balaban J connectivity index is 1.76. The maximum absolute atomic E-state index is 4.88. The van der Waals surface area contributed by atoms with E-state index in [9.17, 15) is 0 Å². The molecule has 0 radical (unpaired) electrons. The molecule has 1 aliphatic carbocycles. The zero-order valence-corrected chi connectivity index (χ0v) is 15.2. The Morgan fingerprint density at radius 1 is 1.20 bits per heavy atom. The van der Waals surface area contributed by atoms with Crippen LogP contribution in [0.15, 0.2) is 12.5 Å². The molecule has 0 bridgehead atoms. The molecule has 3 aromatic rings. The Morgan fingerprint density at radius 3 is 2.72 bits per heavy atom. The van der Waals surface area contributed by atoms with Gasteiger partial charge >= 0.3 is 0 Å². The highest BCUT2D eigenvalue weighted by molar-refractivity contribution is 5.86. The molecule has 7 nitrogen and oxygen atoms in total. The van der Waals surface area contributed by atoms with Crippen molar-refractivity contribution in [1.29, 1.82) is 0 Å². The monoisotopic (exact) mass is 339 g/mol. The first-order valence-electron chi connectivity index (χ1n) is 9.15. The Bertz CT molecular complexity index is 886. The molecule has 1 saturated carbocycles. The molecule has 0 spiro atoms. The first kappa shape index (κ1) is 16.1. The van der Waals surface area contributed by atoms with E-state index in [-0.39, 0.29) is 0 Å². The van der Waals surface area contributed by atoms with Crippen LogP contribution in [0.3, 0.4) is 0 Å². The van der Waals surface area contributed by atoms with Crippen molar-refractivity contribution in [1.82, 2.24) is 29.3 Å². The van der Waals surface area contributed by atoms with Crippen LogP contribution >= 0.6 is 0 Å². The van der Waals surface area contributed by atoms with Crippen LogP contribution in [0.25, 0.3) is 22.6 Å². The highest BCUT2D eigenvalue weighted by Gasteiger charge is 2.20. The van der Waals surface area contributed by atoms with Gasteiger partial charge in [0.1, 0.15) is 12.2 Å². The molecule has 1 aliphatic rings. The van der Waals surface area contributed by atoms with Crippen molar-refractivity contribution in [3.8, 4) is 11.4 Å². The number of rotatable bonds is 4. The van der Waals surface area contributed by atoms with Gasteiger partial charge in [0.05, 0.1) is 11.8 Å². The lowest BCUT2D eigenvalue weighted by Crippen LogP contribution is -2.23. The van der Waals surface area contributed by atoms with Gasteiger partial charge in [-0.1, -0.05) is 19.3 Å². The van der Waals surface area contributed by atoms with Crippen LogP contribution in [0.1, 0.15) is 44.7 Å². The van der Waals surface area contributed by atoms with Gasteiger partial charge in [-0.15, -0.1) is 0 Å². The third kappa shape index (κ3) is 2.77. The van der Waals surface area contributed by atoms with Gasteiger partial charge in [0.15, 0.2) is 17.0 Å². The van der Waals surface area contributed by atoms with E-state index in [1.807, 2.05) is 22.5 Å². The van der Waals surface area contributed by atoms with Crippen molar-refractivity contribution in [3.05, 3.63) is 18.2 Å². The minimum Gasteiger partial charge on any atom is -0.365 e. The summed E-state index contributed by atoms with van der Waals surface area (Å²) in [5.41, 5.74) is 3.86. The van der Waals surface area contributed by atoms with E-state index >= 15 is 0 Å². The number of nitrogens with zero attached hydrogens (tertiary/aromatic N) is 6. The van der Waals surface area contributed by atoms with Crippen LogP contribution in [0.5, 0.6) is 0 Å². The molecule has 4 rings (SSSR count). The highest BCUT2D eigenvalue weighted by Crippen LogP contribution is 2.29. The predicted molar refractivity (Wildman–Crippen MR) is 98.4 cm³/mol. The fourth-order valence-electron chi connectivity index (χ4n) is 3.77. The van der Waals surface area contributed by atoms with Gasteiger partial charge in [-0.25, -0.2) is 15.0 Å². The molecule has 0 saturated heterocycles. The first-order chi connectivity index (χ1) is 12.2. The first-order valence-corrected chi connectivity index (χ1v) is 9.15. The summed E-state index contributed by atoms with van der Waals surface area (Å²) in [5.74, 6) is 1.73. The fourth-order valence-corrected chi connectivity index (χ4v) is 3.77. The van der Waals surface area contributed by atoms with Crippen LogP contribution in [-0.4, -0.2) is 35.3 Å². The van der Waals surface area contributed by atoms with E-state index in [4.69, 9.17) is 4.98 Å². The number of aryl methyl sites for hydroxylation is 2. The van der Waals surface area contributed by atoms with Crippen molar-refractivity contribution < 1.29 is 0 Å². The summed E-state index contributed by atoms with van der Waals surface area (Å²) in [6, 6.07) is 0.488. The van der Waals surface area contributed by atoms with Crippen LogP contribution in [0.2, 0.25) is 0 Å². The molecule has 7 heteroatoms. The summed E-state index contributed by atoms with van der Waals surface area (Å²) in [5, 5.41) is 8.05. The summed E-state index contributed by atoms with van der Waals surface area (Å²) in [6.45, 7) is 5.03. The van der Waals surface area contributed by atoms with Crippen LogP contribution in [0, 0.1) is 6.92 Å². The summed E-state index contributed by atoms with van der Waals surface area (Å²) in [4.78, 5) is 13.8. The SMILES string of the molecule is CCn1ncc(-c2nc3c(NC4CCCCC4)ncnc3n2C)c1C. The minimum absolute atomic E-state index is 0.488. The molecule has 0 aromatic carbocycles. The standard InChI is InChI=1S/C18H25N7/c1-4-25-12(2)14(10-21-25)17-23-15-16(19-11-20-18(15)24(17)3)22-13-8-6-5-7-9-13/h10-11,13H,4-9H2,1-3H3,(H,19,20,22). The predicted octanol–water partition coefficient (Wildman–Crippen LogP) is 3.30. The second-order valence-corrected chi connectivity index (χ2v) is 6.83. The van der Waals surface area contributed by atoms with Crippen LogP contribution < -0.4 is 5.32 Å². The third-order valence-corrected chi connectivity index (χ3v) is 5.25. The highest BCUT2D eigenvalue weighted by atomic mass is 15.3. The lowest BCUT2D eigenvalue weighted by atomic mass is 9.95. The quantitative estimate of drug-likeness (QED) is 0.789. The molecular formula is C18H25N7. The van der Waals surface area contributed by atoms with E-state index in [0.29, 0.717) is 6.04 Å². The van der Waals surface area contributed by atoms with E-state index < -0.39 is 0 Å². The average molecular weight is 339 g/mol. The third-order valence-electron chi connectivity index (χ3n) is 5.25. The normalized spacial score (nSPS) is 15.8. The molecule has 1 fully saturated rings. The summed E-state index contributed by atoms with van der Waals surface area (Å²) >= 11 is 0. The van der Waals surface area contributed by atoms with Crippen molar-refractivity contribution in [2.24, 2.45) is 7.05 Å². The van der Waals surface area contributed by atoms with Crippen molar-refractivity contribution in [2.75, 3.05) is 5.32 Å². The number of hydrogen-bond donors (Lipinski definition) is 1. The smallest absolute Gasteiger partial charge is 0.165 e. The lowest BCUT2D eigenvalue weighted by molar-refractivity contribution is 0.462. The van der Waals surface area contributed by atoms with E-state index in [2.05, 4.69) is 34.2 Å². The minimum atomic E-state index is 0.488. The number of fused-ring (bicyclic) bond motifs is 1. The van der Waals surface area contributed by atoms with Crippen molar-refractivity contribution >= 4 is 17.0 Å². The number of hydrogen-bond acceptors (Lipinski definition) is 5. The van der Waals surface area contributed by atoms with E-state index in [0.717, 1.165) is 40.6 Å². The number of imidazole rings is 1. The molecule has 0 unspecified atom stereocenters. The summed E-state index contributed by atoms with van der Waals surface area (Å²) < 4.78 is 4.02. The largest absolute Gasteiger partial charge is 0.365 e. The number of nitrogens with one attached hydrogen (secondary N) is 1. The van der Waals surface area contributed by atoms with Crippen LogP contribution in [0.4, 0.5) is 5.82 Å². The molecule has 132 valence electrons. The second-order valence-electron chi connectivity index (χ2n) is 6.83. The van der Waals surface area contributed by atoms with Gasteiger partial charge in [0.25, 0.3) is 0 Å². The second kappa shape index (κ2) is 6.46. The molecule has 0 aliphatic heterocycles. The van der Waals surface area contributed by atoms with Crippen molar-refractivity contribution in [2.45, 2.75) is 58.5 Å². The Labute approximate surface area is 147 Å². The summed E-state index contributed by atoms with van der Waals surface area (Å²) in [6.07, 6.45) is 9.83. The van der Waals surface area contributed by atoms with E-state index in [1.165, 1.54) is 32.1 Å². The van der Waals surface area contributed by atoms with Crippen molar-refractivity contribution in [3.63, 3.8) is 0 Å². The number of aromatic nitrogens is 6. The molecule has 1 N–H and O–H groups in total. The van der Waals surface area contributed by atoms with Gasteiger partial charge < -0.3 is 9.88 Å². The molecule has 25 heavy (non-hydrogen) atoms. The molecule has 3 aromatic heterocycles. The summed E-state index contributed by atoms with van der Waals surface area (Å²) in [7, 11) is 2.00. The molecule has 0 atom stereocenters. The topological polar surface area (TPSA) is 73.5 Å². The van der Waals surface area contributed by atoms with E-state index in [1.54, 1.807) is 6.33 Å². The molecular weight excluding hydrogens is 314 g/mol. The zero-order chi connectivity index (χ0) is 17.4. The van der Waals surface area contributed by atoms with Crippen LogP contribution in [-0.2, 0) is 13.6 Å². The Hall–Kier alpha value is -2.44. The van der Waals surface area contributed by atoms with Gasteiger partial charge in [0.2, 0.25) is 0 Å². The Morgan fingerprint density at radius 2 is 2.00 bits per heavy atom. The Kier molecular flexibility index (Phi) is 4.15. The zero-order valence-electron chi connectivity index (χ0n) is 15.2.